The van der Waals surface area contributed by atoms with Crippen LogP contribution in [0.15, 0.2) is 29.4 Å². The molecule has 5 heteroatoms. The number of aliphatic hydroxyl groups is 1. The van der Waals surface area contributed by atoms with E-state index in [4.69, 9.17) is 5.11 Å². The normalized spacial score (nSPS) is 11.4. The van der Waals surface area contributed by atoms with Crippen molar-refractivity contribution in [1.82, 2.24) is 4.98 Å². The van der Waals surface area contributed by atoms with Gasteiger partial charge in [-0.15, -0.1) is 0 Å². The van der Waals surface area contributed by atoms with Crippen LogP contribution in [-0.2, 0) is 9.84 Å². The summed E-state index contributed by atoms with van der Waals surface area (Å²) in [5.41, 5.74) is 0. The molecule has 0 aliphatic heterocycles. The number of rotatable bonds is 3. The number of nitrogens with zero attached hydrogens (tertiary/aromatic N) is 1. The van der Waals surface area contributed by atoms with Crippen molar-refractivity contribution in [2.75, 3.05) is 12.4 Å². The van der Waals surface area contributed by atoms with Crippen LogP contribution >= 0.6 is 0 Å². The number of aromatic nitrogens is 1. The fourth-order valence-corrected chi connectivity index (χ4v) is 1.75. The van der Waals surface area contributed by atoms with Crippen molar-refractivity contribution in [3.8, 4) is 0 Å². The summed E-state index contributed by atoms with van der Waals surface area (Å²) in [6, 6.07) is 3.00. The van der Waals surface area contributed by atoms with E-state index in [-0.39, 0.29) is 17.3 Å². The first-order valence-electron chi connectivity index (χ1n) is 3.40. The van der Waals surface area contributed by atoms with E-state index in [0.29, 0.717) is 0 Å². The Hall–Kier alpha value is -0.940. The van der Waals surface area contributed by atoms with Gasteiger partial charge in [-0.1, -0.05) is 0 Å². The van der Waals surface area contributed by atoms with Crippen LogP contribution in [0.2, 0.25) is 0 Å². The molecule has 0 fully saturated rings. The van der Waals surface area contributed by atoms with Crippen molar-refractivity contribution in [3.63, 3.8) is 0 Å². The van der Waals surface area contributed by atoms with Crippen LogP contribution in [0, 0.1) is 0 Å². The minimum atomic E-state index is -3.32. The van der Waals surface area contributed by atoms with Gasteiger partial charge < -0.3 is 5.11 Å². The number of hydrogen-bond donors (Lipinski definition) is 1. The summed E-state index contributed by atoms with van der Waals surface area (Å²) in [6.07, 6.45) is 2.77. The van der Waals surface area contributed by atoms with Crippen LogP contribution in [0.25, 0.3) is 0 Å². The molecule has 0 saturated carbocycles. The van der Waals surface area contributed by atoms with Crippen LogP contribution in [0.3, 0.4) is 0 Å². The first kappa shape index (κ1) is 9.15. The van der Waals surface area contributed by atoms with Gasteiger partial charge in [0, 0.05) is 12.4 Å². The summed E-state index contributed by atoms with van der Waals surface area (Å²) in [5.74, 6) is -0.251. The molecule has 1 rings (SSSR count). The largest absolute Gasteiger partial charge is 0.395 e. The van der Waals surface area contributed by atoms with Crippen LogP contribution in [0.5, 0.6) is 0 Å². The Labute approximate surface area is 70.8 Å². The highest BCUT2D eigenvalue weighted by Crippen LogP contribution is 2.07. The highest BCUT2D eigenvalue weighted by molar-refractivity contribution is 7.91. The first-order chi connectivity index (χ1) is 5.67. The van der Waals surface area contributed by atoms with Gasteiger partial charge in [-0.25, -0.2) is 8.42 Å². The molecule has 0 aliphatic carbocycles. The molecule has 12 heavy (non-hydrogen) atoms. The average molecular weight is 187 g/mol. The average Bonchev–Trinajstić information content (AvgIpc) is 2.06. The molecule has 4 nitrogen and oxygen atoms in total. The van der Waals surface area contributed by atoms with Gasteiger partial charge in [0.25, 0.3) is 0 Å². The summed E-state index contributed by atoms with van der Waals surface area (Å²) >= 11 is 0. The monoisotopic (exact) mass is 187 g/mol. The van der Waals surface area contributed by atoms with Gasteiger partial charge in [-0.2, -0.15) is 0 Å². The summed E-state index contributed by atoms with van der Waals surface area (Å²) in [6.45, 7) is -0.364. The van der Waals surface area contributed by atoms with E-state index in [1.54, 1.807) is 6.07 Å². The smallest absolute Gasteiger partial charge is 0.182 e. The van der Waals surface area contributed by atoms with Crippen molar-refractivity contribution in [3.05, 3.63) is 24.5 Å². The summed E-state index contributed by atoms with van der Waals surface area (Å²) in [4.78, 5) is 3.82. The number of aliphatic hydroxyl groups excluding tert-OH is 1. The molecule has 0 amide bonds. The predicted octanol–water partition coefficient (Wildman–Crippen LogP) is -0.152. The van der Waals surface area contributed by atoms with E-state index in [1.165, 1.54) is 18.5 Å². The lowest BCUT2D eigenvalue weighted by atomic mass is 10.5. The Balaban J connectivity index is 2.99. The fourth-order valence-electron chi connectivity index (χ4n) is 0.769. The SMILES string of the molecule is O=S(=O)(CCO)c1cccnc1. The molecule has 0 bridgehead atoms. The lowest BCUT2D eigenvalue weighted by Crippen LogP contribution is -2.09. The van der Waals surface area contributed by atoms with Crippen molar-refractivity contribution in [2.45, 2.75) is 4.90 Å². The highest BCUT2D eigenvalue weighted by atomic mass is 32.2. The zero-order valence-corrected chi connectivity index (χ0v) is 7.16. The van der Waals surface area contributed by atoms with E-state index < -0.39 is 9.84 Å². The molecule has 0 unspecified atom stereocenters. The van der Waals surface area contributed by atoms with Crippen LogP contribution in [0.1, 0.15) is 0 Å². The molecule has 1 aromatic heterocycles. The molecule has 66 valence electrons. The number of sulfone groups is 1. The molecular weight excluding hydrogens is 178 g/mol. The minimum absolute atomic E-state index is 0.152. The third-order valence-corrected chi connectivity index (χ3v) is 3.03. The van der Waals surface area contributed by atoms with Crippen LogP contribution in [0.4, 0.5) is 0 Å². The molecule has 1 heterocycles. The van der Waals surface area contributed by atoms with Crippen LogP contribution in [-0.4, -0.2) is 30.9 Å². The second-order valence-electron chi connectivity index (χ2n) is 2.23. The maximum atomic E-state index is 11.2. The van der Waals surface area contributed by atoms with Gasteiger partial charge in [0.15, 0.2) is 9.84 Å². The predicted molar refractivity (Wildman–Crippen MR) is 43.4 cm³/mol. The lowest BCUT2D eigenvalue weighted by Gasteiger charge is -1.99. The van der Waals surface area contributed by atoms with Crippen molar-refractivity contribution < 1.29 is 13.5 Å². The van der Waals surface area contributed by atoms with E-state index in [2.05, 4.69) is 4.98 Å². The lowest BCUT2D eigenvalue weighted by molar-refractivity contribution is 0.319. The van der Waals surface area contributed by atoms with E-state index in [1.807, 2.05) is 0 Å². The van der Waals surface area contributed by atoms with Gasteiger partial charge in [0.05, 0.1) is 17.3 Å². The quantitative estimate of drug-likeness (QED) is 0.714. The van der Waals surface area contributed by atoms with Gasteiger partial charge in [-0.3, -0.25) is 4.98 Å². The van der Waals surface area contributed by atoms with Crippen LogP contribution < -0.4 is 0 Å². The summed E-state index contributed by atoms with van der Waals surface area (Å²) < 4.78 is 22.5. The maximum absolute atomic E-state index is 11.2. The van der Waals surface area contributed by atoms with Crippen molar-refractivity contribution >= 4 is 9.84 Å². The minimum Gasteiger partial charge on any atom is -0.395 e. The molecule has 0 saturated heterocycles. The Morgan fingerprint density at radius 2 is 2.25 bits per heavy atom. The Morgan fingerprint density at radius 3 is 2.75 bits per heavy atom. The first-order valence-corrected chi connectivity index (χ1v) is 5.06. The molecule has 1 aromatic rings. The van der Waals surface area contributed by atoms with E-state index in [0.717, 1.165) is 0 Å². The summed E-state index contributed by atoms with van der Waals surface area (Å²) in [7, 11) is -3.32. The zero-order chi connectivity index (χ0) is 9.03. The highest BCUT2D eigenvalue weighted by Gasteiger charge is 2.12. The summed E-state index contributed by atoms with van der Waals surface area (Å²) in [5, 5.41) is 8.46. The molecule has 1 N–H and O–H groups in total. The maximum Gasteiger partial charge on any atom is 0.182 e. The van der Waals surface area contributed by atoms with Gasteiger partial charge in [0.2, 0.25) is 0 Å². The second kappa shape index (κ2) is 3.64. The van der Waals surface area contributed by atoms with Gasteiger partial charge in [-0.05, 0) is 12.1 Å². The van der Waals surface area contributed by atoms with Crippen molar-refractivity contribution in [1.29, 1.82) is 0 Å². The standard InChI is InChI=1S/C7H9NO3S/c9-4-5-12(10,11)7-2-1-3-8-6-7/h1-3,6,9H,4-5H2. The number of hydrogen-bond acceptors (Lipinski definition) is 4. The third-order valence-electron chi connectivity index (χ3n) is 1.35. The zero-order valence-electron chi connectivity index (χ0n) is 6.34. The van der Waals surface area contributed by atoms with Gasteiger partial charge in [0.1, 0.15) is 0 Å². The topological polar surface area (TPSA) is 67.3 Å². The third kappa shape index (κ3) is 2.02. The molecule has 0 aromatic carbocycles. The Bertz CT molecular complexity index is 333. The molecule has 0 spiro atoms. The number of pyridine rings is 1. The molecule has 0 atom stereocenters. The Morgan fingerprint density at radius 1 is 1.50 bits per heavy atom. The molecule has 0 aliphatic rings. The van der Waals surface area contributed by atoms with Gasteiger partial charge >= 0.3 is 0 Å². The molecule has 0 radical (unpaired) electrons. The fraction of sp³-hybridized carbons (Fsp3) is 0.286. The van der Waals surface area contributed by atoms with E-state index >= 15 is 0 Å². The van der Waals surface area contributed by atoms with Crippen molar-refractivity contribution in [2.24, 2.45) is 0 Å². The Kier molecular flexibility index (Phi) is 2.78. The molecular formula is C7H9NO3S. The van der Waals surface area contributed by atoms with E-state index in [9.17, 15) is 8.42 Å². The second-order valence-corrected chi connectivity index (χ2v) is 4.34.